The van der Waals surface area contributed by atoms with Crippen LogP contribution in [0.5, 0.6) is 0 Å². The molecule has 0 bridgehead atoms. The highest BCUT2D eigenvalue weighted by Gasteiger charge is 2.27. The van der Waals surface area contributed by atoms with Crippen molar-refractivity contribution in [3.8, 4) is 0 Å². The van der Waals surface area contributed by atoms with E-state index in [1.165, 1.54) is 0 Å². The van der Waals surface area contributed by atoms with Crippen LogP contribution in [0.25, 0.3) is 0 Å². The number of hydrogen-bond donors (Lipinski definition) is 2. The Balaban J connectivity index is 1.99. The van der Waals surface area contributed by atoms with Crippen LogP contribution in [-0.4, -0.2) is 38.1 Å². The van der Waals surface area contributed by atoms with E-state index in [0.29, 0.717) is 32.0 Å². The molecule has 98 valence electrons. The lowest BCUT2D eigenvalue weighted by molar-refractivity contribution is -0.126. The lowest BCUT2D eigenvalue weighted by atomic mass is 10.1. The Hall–Kier alpha value is -1.10. The SMILES string of the molecule is CC(C)CCOCCNC(=O)C1CNC(=O)C1. The Morgan fingerprint density at radius 1 is 1.53 bits per heavy atom. The summed E-state index contributed by atoms with van der Waals surface area (Å²) < 4.78 is 5.38. The Labute approximate surface area is 102 Å². The summed E-state index contributed by atoms with van der Waals surface area (Å²) in [5.41, 5.74) is 0. The van der Waals surface area contributed by atoms with Crippen molar-refractivity contribution in [3.63, 3.8) is 0 Å². The van der Waals surface area contributed by atoms with Gasteiger partial charge in [-0.2, -0.15) is 0 Å². The van der Waals surface area contributed by atoms with Gasteiger partial charge in [0.05, 0.1) is 12.5 Å². The second kappa shape index (κ2) is 7.27. The largest absolute Gasteiger partial charge is 0.380 e. The topological polar surface area (TPSA) is 67.4 Å². The number of ether oxygens (including phenoxy) is 1. The van der Waals surface area contributed by atoms with Gasteiger partial charge in [0.25, 0.3) is 0 Å². The molecule has 0 aromatic rings. The summed E-state index contributed by atoms with van der Waals surface area (Å²) in [6.45, 7) is 6.54. The molecule has 0 spiro atoms. The van der Waals surface area contributed by atoms with Crippen molar-refractivity contribution in [2.45, 2.75) is 26.7 Å². The fourth-order valence-electron chi connectivity index (χ4n) is 1.60. The zero-order valence-corrected chi connectivity index (χ0v) is 10.6. The number of carbonyl (C=O) groups excluding carboxylic acids is 2. The summed E-state index contributed by atoms with van der Waals surface area (Å²) in [4.78, 5) is 22.5. The van der Waals surface area contributed by atoms with Gasteiger partial charge >= 0.3 is 0 Å². The first-order chi connectivity index (χ1) is 8.09. The minimum Gasteiger partial charge on any atom is -0.380 e. The van der Waals surface area contributed by atoms with Gasteiger partial charge in [0.2, 0.25) is 11.8 Å². The van der Waals surface area contributed by atoms with Gasteiger partial charge < -0.3 is 15.4 Å². The van der Waals surface area contributed by atoms with E-state index >= 15 is 0 Å². The van der Waals surface area contributed by atoms with E-state index in [1.54, 1.807) is 0 Å². The van der Waals surface area contributed by atoms with Gasteiger partial charge in [-0.3, -0.25) is 9.59 Å². The third-order valence-corrected chi connectivity index (χ3v) is 2.73. The van der Waals surface area contributed by atoms with E-state index in [-0.39, 0.29) is 17.7 Å². The number of carbonyl (C=O) groups is 2. The van der Waals surface area contributed by atoms with Gasteiger partial charge in [0, 0.05) is 26.1 Å². The fourth-order valence-corrected chi connectivity index (χ4v) is 1.60. The van der Waals surface area contributed by atoms with Crippen LogP contribution in [-0.2, 0) is 14.3 Å². The summed E-state index contributed by atoms with van der Waals surface area (Å²) in [5.74, 6) is 0.326. The fraction of sp³-hybridized carbons (Fsp3) is 0.833. The second-order valence-electron chi connectivity index (χ2n) is 4.79. The quantitative estimate of drug-likeness (QED) is 0.631. The van der Waals surface area contributed by atoms with Crippen LogP contribution in [0.3, 0.4) is 0 Å². The highest BCUT2D eigenvalue weighted by Crippen LogP contribution is 2.08. The molecule has 5 heteroatoms. The first-order valence-electron chi connectivity index (χ1n) is 6.21. The van der Waals surface area contributed by atoms with E-state index in [4.69, 9.17) is 4.74 Å². The average Bonchev–Trinajstić information content (AvgIpc) is 2.69. The third-order valence-electron chi connectivity index (χ3n) is 2.73. The summed E-state index contributed by atoms with van der Waals surface area (Å²) in [7, 11) is 0. The average molecular weight is 242 g/mol. The van der Waals surface area contributed by atoms with Crippen LogP contribution in [0.2, 0.25) is 0 Å². The van der Waals surface area contributed by atoms with Gasteiger partial charge in [-0.05, 0) is 12.3 Å². The van der Waals surface area contributed by atoms with Crippen molar-refractivity contribution in [3.05, 3.63) is 0 Å². The molecule has 1 aliphatic rings. The Morgan fingerprint density at radius 3 is 2.88 bits per heavy atom. The first kappa shape index (κ1) is 14.0. The van der Waals surface area contributed by atoms with Crippen LogP contribution in [0.15, 0.2) is 0 Å². The molecule has 0 saturated carbocycles. The lowest BCUT2D eigenvalue weighted by Crippen LogP contribution is -2.34. The predicted octanol–water partition coefficient (Wildman–Crippen LogP) is 0.301. The van der Waals surface area contributed by atoms with E-state index in [1.807, 2.05) is 0 Å². The lowest BCUT2D eigenvalue weighted by Gasteiger charge is -2.10. The van der Waals surface area contributed by atoms with Crippen molar-refractivity contribution < 1.29 is 14.3 Å². The minimum absolute atomic E-state index is 0.0432. The number of hydrogen-bond acceptors (Lipinski definition) is 3. The molecule has 0 aromatic carbocycles. The normalized spacial score (nSPS) is 19.5. The van der Waals surface area contributed by atoms with Gasteiger partial charge in [-0.1, -0.05) is 13.8 Å². The highest BCUT2D eigenvalue weighted by atomic mass is 16.5. The molecule has 1 fully saturated rings. The van der Waals surface area contributed by atoms with Crippen LogP contribution in [0.4, 0.5) is 0 Å². The van der Waals surface area contributed by atoms with Crippen molar-refractivity contribution in [1.82, 2.24) is 10.6 Å². The molecule has 5 nitrogen and oxygen atoms in total. The molecule has 2 N–H and O–H groups in total. The molecular formula is C12H22N2O3. The Kier molecular flexibility index (Phi) is 5.97. The zero-order chi connectivity index (χ0) is 12.7. The van der Waals surface area contributed by atoms with Gasteiger partial charge in [0.15, 0.2) is 0 Å². The van der Waals surface area contributed by atoms with E-state index < -0.39 is 0 Å². The Morgan fingerprint density at radius 2 is 2.29 bits per heavy atom. The molecule has 0 aromatic heterocycles. The van der Waals surface area contributed by atoms with Crippen molar-refractivity contribution in [2.24, 2.45) is 11.8 Å². The standard InChI is InChI=1S/C12H22N2O3/c1-9(2)3-5-17-6-4-13-12(16)10-7-11(15)14-8-10/h9-10H,3-8H2,1-2H3,(H,13,16)(H,14,15). The molecule has 1 heterocycles. The number of amides is 2. The van der Waals surface area contributed by atoms with E-state index in [0.717, 1.165) is 13.0 Å². The molecule has 0 aliphatic carbocycles. The van der Waals surface area contributed by atoms with E-state index in [9.17, 15) is 9.59 Å². The van der Waals surface area contributed by atoms with Crippen molar-refractivity contribution in [1.29, 1.82) is 0 Å². The smallest absolute Gasteiger partial charge is 0.225 e. The van der Waals surface area contributed by atoms with E-state index in [2.05, 4.69) is 24.5 Å². The maximum atomic E-state index is 11.6. The minimum atomic E-state index is -0.210. The van der Waals surface area contributed by atoms with Crippen molar-refractivity contribution in [2.75, 3.05) is 26.3 Å². The number of rotatable bonds is 7. The predicted molar refractivity (Wildman–Crippen MR) is 64.4 cm³/mol. The number of nitrogens with one attached hydrogen (secondary N) is 2. The maximum Gasteiger partial charge on any atom is 0.225 e. The van der Waals surface area contributed by atoms with Gasteiger partial charge in [0.1, 0.15) is 0 Å². The van der Waals surface area contributed by atoms with Crippen LogP contribution in [0.1, 0.15) is 26.7 Å². The van der Waals surface area contributed by atoms with Gasteiger partial charge in [-0.25, -0.2) is 0 Å². The molecule has 0 radical (unpaired) electrons. The summed E-state index contributed by atoms with van der Waals surface area (Å²) in [5, 5.41) is 5.42. The van der Waals surface area contributed by atoms with Gasteiger partial charge in [-0.15, -0.1) is 0 Å². The monoisotopic (exact) mass is 242 g/mol. The second-order valence-corrected chi connectivity index (χ2v) is 4.79. The van der Waals surface area contributed by atoms with Crippen LogP contribution in [0, 0.1) is 11.8 Å². The highest BCUT2D eigenvalue weighted by molar-refractivity contribution is 5.89. The van der Waals surface area contributed by atoms with Crippen LogP contribution < -0.4 is 10.6 Å². The third kappa shape index (κ3) is 5.68. The molecular weight excluding hydrogens is 220 g/mol. The molecule has 1 aliphatic heterocycles. The first-order valence-corrected chi connectivity index (χ1v) is 6.21. The molecule has 1 rings (SSSR count). The summed E-state index contributed by atoms with van der Waals surface area (Å²) in [6.07, 6.45) is 1.34. The zero-order valence-electron chi connectivity index (χ0n) is 10.6. The molecule has 1 saturated heterocycles. The molecule has 2 amide bonds. The maximum absolute atomic E-state index is 11.6. The summed E-state index contributed by atoms with van der Waals surface area (Å²) >= 11 is 0. The summed E-state index contributed by atoms with van der Waals surface area (Å²) in [6, 6.07) is 0. The van der Waals surface area contributed by atoms with Crippen molar-refractivity contribution >= 4 is 11.8 Å². The van der Waals surface area contributed by atoms with Crippen LogP contribution >= 0.6 is 0 Å². The molecule has 1 unspecified atom stereocenters. The Bertz CT molecular complexity index is 266. The molecule has 1 atom stereocenters. The molecule has 17 heavy (non-hydrogen) atoms.